The highest BCUT2D eigenvalue weighted by molar-refractivity contribution is 5.84. The van der Waals surface area contributed by atoms with Gasteiger partial charge in [-0.3, -0.25) is 4.79 Å². The van der Waals surface area contributed by atoms with E-state index in [0.717, 1.165) is 19.3 Å². The van der Waals surface area contributed by atoms with Crippen molar-refractivity contribution in [3.63, 3.8) is 0 Å². The molecule has 0 saturated heterocycles. The molecule has 1 aliphatic carbocycles. The quantitative estimate of drug-likeness (QED) is 0.801. The van der Waals surface area contributed by atoms with Crippen LogP contribution < -0.4 is 5.73 Å². The van der Waals surface area contributed by atoms with Crippen molar-refractivity contribution in [2.45, 2.75) is 53.0 Å². The van der Waals surface area contributed by atoms with E-state index in [2.05, 4.69) is 27.7 Å². The Kier molecular flexibility index (Phi) is 4.59. The average molecular weight is 240 g/mol. The molecule has 100 valence electrons. The van der Waals surface area contributed by atoms with Crippen LogP contribution in [-0.4, -0.2) is 30.4 Å². The van der Waals surface area contributed by atoms with Crippen LogP contribution in [0.4, 0.5) is 0 Å². The smallest absolute Gasteiger partial charge is 0.230 e. The number of carbonyl (C=O) groups excluding carboxylic acids is 1. The van der Waals surface area contributed by atoms with Crippen LogP contribution in [0.1, 0.15) is 47.0 Å². The lowest BCUT2D eigenvalue weighted by molar-refractivity contribution is -0.150. The molecule has 1 unspecified atom stereocenters. The summed E-state index contributed by atoms with van der Waals surface area (Å²) in [5.41, 5.74) is 5.57. The average Bonchev–Trinajstić information content (AvgIpc) is 2.21. The Morgan fingerprint density at radius 2 is 1.94 bits per heavy atom. The second-order valence-electron chi connectivity index (χ2n) is 6.39. The summed E-state index contributed by atoms with van der Waals surface area (Å²) in [4.78, 5) is 14.4. The van der Waals surface area contributed by atoms with Gasteiger partial charge >= 0.3 is 0 Å². The van der Waals surface area contributed by atoms with Gasteiger partial charge in [-0.1, -0.05) is 20.8 Å². The van der Waals surface area contributed by atoms with Gasteiger partial charge in [-0.25, -0.2) is 0 Å². The third-order valence-corrected chi connectivity index (χ3v) is 4.12. The highest BCUT2D eigenvalue weighted by Crippen LogP contribution is 2.46. The van der Waals surface area contributed by atoms with E-state index in [1.807, 2.05) is 11.9 Å². The zero-order chi connectivity index (χ0) is 13.2. The molecular weight excluding hydrogens is 212 g/mol. The van der Waals surface area contributed by atoms with E-state index < -0.39 is 0 Å². The molecule has 1 amide bonds. The summed E-state index contributed by atoms with van der Waals surface area (Å²) in [5, 5.41) is 0. The monoisotopic (exact) mass is 240 g/mol. The molecule has 1 fully saturated rings. The predicted octanol–water partition coefficient (Wildman–Crippen LogP) is 2.25. The maximum atomic E-state index is 12.5. The number of carbonyl (C=O) groups is 1. The lowest BCUT2D eigenvalue weighted by atomic mass is 9.61. The first-order chi connectivity index (χ1) is 7.82. The van der Waals surface area contributed by atoms with Gasteiger partial charge in [0.25, 0.3) is 0 Å². The second-order valence-corrected chi connectivity index (χ2v) is 6.39. The van der Waals surface area contributed by atoms with Gasteiger partial charge in [0.2, 0.25) is 5.91 Å². The maximum Gasteiger partial charge on any atom is 0.230 e. The zero-order valence-corrected chi connectivity index (χ0v) is 12.0. The van der Waals surface area contributed by atoms with Crippen LogP contribution in [-0.2, 0) is 4.79 Å². The van der Waals surface area contributed by atoms with E-state index >= 15 is 0 Å². The SMILES string of the molecule is CC(C)CC(C)N(C)C(=O)C1(CN)CC(C)C1. The predicted molar refractivity (Wildman–Crippen MR) is 71.6 cm³/mol. The minimum Gasteiger partial charge on any atom is -0.343 e. The molecule has 1 rings (SSSR count). The fourth-order valence-corrected chi connectivity index (χ4v) is 3.12. The second kappa shape index (κ2) is 5.38. The van der Waals surface area contributed by atoms with Crippen molar-refractivity contribution < 1.29 is 4.79 Å². The van der Waals surface area contributed by atoms with Crippen molar-refractivity contribution in [1.29, 1.82) is 0 Å². The zero-order valence-electron chi connectivity index (χ0n) is 12.0. The lowest BCUT2D eigenvalue weighted by Crippen LogP contribution is -2.55. The van der Waals surface area contributed by atoms with E-state index in [-0.39, 0.29) is 11.3 Å². The van der Waals surface area contributed by atoms with Gasteiger partial charge in [-0.15, -0.1) is 0 Å². The molecule has 3 heteroatoms. The van der Waals surface area contributed by atoms with Crippen molar-refractivity contribution in [3.05, 3.63) is 0 Å². The van der Waals surface area contributed by atoms with Gasteiger partial charge in [-0.2, -0.15) is 0 Å². The van der Waals surface area contributed by atoms with Gasteiger partial charge in [-0.05, 0) is 38.0 Å². The van der Waals surface area contributed by atoms with Crippen LogP contribution in [0.5, 0.6) is 0 Å². The molecule has 2 N–H and O–H groups in total. The van der Waals surface area contributed by atoms with E-state index in [1.54, 1.807) is 0 Å². The highest BCUT2D eigenvalue weighted by atomic mass is 16.2. The first kappa shape index (κ1) is 14.5. The first-order valence-corrected chi connectivity index (χ1v) is 6.79. The number of nitrogens with zero attached hydrogens (tertiary/aromatic N) is 1. The lowest BCUT2D eigenvalue weighted by Gasteiger charge is -2.47. The van der Waals surface area contributed by atoms with Gasteiger partial charge in [0.1, 0.15) is 0 Å². The van der Waals surface area contributed by atoms with Crippen LogP contribution in [0, 0.1) is 17.3 Å². The highest BCUT2D eigenvalue weighted by Gasteiger charge is 2.48. The molecule has 0 radical (unpaired) electrons. The minimum atomic E-state index is -0.251. The molecule has 17 heavy (non-hydrogen) atoms. The Bertz CT molecular complexity index is 269. The molecule has 0 aromatic rings. The Morgan fingerprint density at radius 1 is 1.41 bits per heavy atom. The van der Waals surface area contributed by atoms with Crippen LogP contribution in [0.15, 0.2) is 0 Å². The normalized spacial score (nSPS) is 29.9. The number of nitrogens with two attached hydrogens (primary N) is 1. The maximum absolute atomic E-state index is 12.5. The third kappa shape index (κ3) is 3.01. The fourth-order valence-electron chi connectivity index (χ4n) is 3.12. The first-order valence-electron chi connectivity index (χ1n) is 6.79. The van der Waals surface area contributed by atoms with Gasteiger partial charge in [0.15, 0.2) is 0 Å². The van der Waals surface area contributed by atoms with Gasteiger partial charge in [0.05, 0.1) is 5.41 Å². The fraction of sp³-hybridized carbons (Fsp3) is 0.929. The minimum absolute atomic E-state index is 0.251. The Labute approximate surface area is 106 Å². The Balaban J connectivity index is 2.62. The molecule has 1 aliphatic rings. The van der Waals surface area contributed by atoms with E-state index in [1.165, 1.54) is 0 Å². The standard InChI is InChI=1S/C14H28N2O/c1-10(2)6-12(4)16(5)13(17)14(9-15)7-11(3)8-14/h10-12H,6-9,15H2,1-5H3. The summed E-state index contributed by atoms with van der Waals surface area (Å²) in [6.07, 6.45) is 2.97. The van der Waals surface area contributed by atoms with Crippen molar-refractivity contribution in [2.75, 3.05) is 13.6 Å². The summed E-state index contributed by atoms with van der Waals surface area (Å²) < 4.78 is 0. The molecule has 0 aliphatic heterocycles. The Morgan fingerprint density at radius 3 is 2.29 bits per heavy atom. The van der Waals surface area contributed by atoms with Crippen LogP contribution in [0.25, 0.3) is 0 Å². The van der Waals surface area contributed by atoms with Crippen molar-refractivity contribution in [3.8, 4) is 0 Å². The van der Waals surface area contributed by atoms with Crippen molar-refractivity contribution in [1.82, 2.24) is 4.90 Å². The molecule has 0 aromatic carbocycles. The van der Waals surface area contributed by atoms with Crippen molar-refractivity contribution >= 4 is 5.91 Å². The summed E-state index contributed by atoms with van der Waals surface area (Å²) >= 11 is 0. The molecule has 0 heterocycles. The molecule has 0 bridgehead atoms. The summed E-state index contributed by atoms with van der Waals surface area (Å²) in [6, 6.07) is 0.307. The number of hydrogen-bond donors (Lipinski definition) is 1. The van der Waals surface area contributed by atoms with Crippen LogP contribution in [0.2, 0.25) is 0 Å². The molecule has 0 spiro atoms. The Hall–Kier alpha value is -0.570. The van der Waals surface area contributed by atoms with E-state index in [4.69, 9.17) is 5.73 Å². The van der Waals surface area contributed by atoms with E-state index in [9.17, 15) is 4.79 Å². The molecule has 1 atom stereocenters. The van der Waals surface area contributed by atoms with Crippen LogP contribution >= 0.6 is 0 Å². The van der Waals surface area contributed by atoms with Crippen molar-refractivity contribution in [2.24, 2.45) is 23.0 Å². The third-order valence-electron chi connectivity index (χ3n) is 4.12. The number of hydrogen-bond acceptors (Lipinski definition) is 2. The van der Waals surface area contributed by atoms with Crippen LogP contribution in [0.3, 0.4) is 0 Å². The topological polar surface area (TPSA) is 46.3 Å². The molecule has 1 saturated carbocycles. The molecule has 3 nitrogen and oxygen atoms in total. The number of rotatable bonds is 5. The van der Waals surface area contributed by atoms with Gasteiger partial charge < -0.3 is 10.6 Å². The largest absolute Gasteiger partial charge is 0.343 e. The molecular formula is C14H28N2O. The summed E-state index contributed by atoms with van der Waals surface area (Å²) in [7, 11) is 1.93. The molecule has 0 aromatic heterocycles. The summed E-state index contributed by atoms with van der Waals surface area (Å²) in [5.74, 6) is 1.52. The van der Waals surface area contributed by atoms with E-state index in [0.29, 0.717) is 24.4 Å². The summed E-state index contributed by atoms with van der Waals surface area (Å²) in [6.45, 7) is 9.20. The van der Waals surface area contributed by atoms with Gasteiger partial charge in [0, 0.05) is 19.6 Å². The number of amides is 1.